The summed E-state index contributed by atoms with van der Waals surface area (Å²) in [6.07, 6.45) is 0. The largest absolute Gasteiger partial charge is 0.507 e. The van der Waals surface area contributed by atoms with Gasteiger partial charge in [-0.2, -0.15) is 0 Å². The van der Waals surface area contributed by atoms with Crippen LogP contribution in [0.1, 0.15) is 40.1 Å². The molecule has 0 fully saturated rings. The summed E-state index contributed by atoms with van der Waals surface area (Å²) in [7, 11) is 0. The number of carbonyl (C=O) groups is 2. The fourth-order valence-corrected chi connectivity index (χ4v) is 2.16. The number of hydrogen-bond donors (Lipinski definition) is 1. The van der Waals surface area contributed by atoms with Gasteiger partial charge in [-0.1, -0.05) is 30.3 Å². The van der Waals surface area contributed by atoms with Crippen LogP contribution in [0.3, 0.4) is 0 Å². The number of ether oxygens (including phenoxy) is 3. The van der Waals surface area contributed by atoms with E-state index in [2.05, 4.69) is 0 Å². The van der Waals surface area contributed by atoms with Gasteiger partial charge in [0, 0.05) is 0 Å². The number of aromatic hydroxyl groups is 1. The molecule has 0 saturated carbocycles. The van der Waals surface area contributed by atoms with Gasteiger partial charge in [0.25, 0.3) is 0 Å². The molecule has 2 aromatic carbocycles. The fraction of sp³-hybridized carbons (Fsp3) is 0.263. The number of phenolic OH excluding ortho intramolecular Hbond substituents is 1. The predicted molar refractivity (Wildman–Crippen MR) is 90.8 cm³/mol. The average Bonchev–Trinajstić information content (AvgIpc) is 2.61. The van der Waals surface area contributed by atoms with Gasteiger partial charge in [0.1, 0.15) is 29.2 Å². The van der Waals surface area contributed by atoms with Gasteiger partial charge in [0.05, 0.1) is 13.2 Å². The number of hydrogen-bond acceptors (Lipinski definition) is 6. The molecule has 25 heavy (non-hydrogen) atoms. The highest BCUT2D eigenvalue weighted by molar-refractivity contribution is 5.98. The maximum absolute atomic E-state index is 12.1. The van der Waals surface area contributed by atoms with Crippen LogP contribution in [0.5, 0.6) is 11.5 Å². The van der Waals surface area contributed by atoms with Crippen LogP contribution >= 0.6 is 0 Å². The summed E-state index contributed by atoms with van der Waals surface area (Å²) in [4.78, 5) is 24.1. The van der Waals surface area contributed by atoms with E-state index in [1.807, 2.05) is 30.3 Å². The zero-order valence-corrected chi connectivity index (χ0v) is 14.2. The Labute approximate surface area is 146 Å². The molecule has 0 spiro atoms. The van der Waals surface area contributed by atoms with Crippen LogP contribution in [0.2, 0.25) is 0 Å². The summed E-state index contributed by atoms with van der Waals surface area (Å²) in [6, 6.07) is 11.8. The SMILES string of the molecule is CCOC(=O)c1cc(OCc2ccccc2)c(C(=O)OCC)cc1O. The summed E-state index contributed by atoms with van der Waals surface area (Å²) in [5.41, 5.74) is 0.865. The van der Waals surface area contributed by atoms with Gasteiger partial charge in [-0.15, -0.1) is 0 Å². The normalized spacial score (nSPS) is 10.2. The molecule has 0 amide bonds. The van der Waals surface area contributed by atoms with E-state index in [9.17, 15) is 14.7 Å². The van der Waals surface area contributed by atoms with Crippen molar-refractivity contribution in [2.24, 2.45) is 0 Å². The van der Waals surface area contributed by atoms with Crippen molar-refractivity contribution in [3.8, 4) is 11.5 Å². The third-order valence-electron chi connectivity index (χ3n) is 3.33. The third kappa shape index (κ3) is 4.73. The van der Waals surface area contributed by atoms with E-state index in [4.69, 9.17) is 14.2 Å². The highest BCUT2D eigenvalue weighted by Gasteiger charge is 2.22. The van der Waals surface area contributed by atoms with E-state index in [-0.39, 0.29) is 42.4 Å². The summed E-state index contributed by atoms with van der Waals surface area (Å²) in [5, 5.41) is 10.1. The monoisotopic (exact) mass is 344 g/mol. The van der Waals surface area contributed by atoms with Crippen LogP contribution in [-0.4, -0.2) is 30.3 Å². The Morgan fingerprint density at radius 3 is 2.12 bits per heavy atom. The summed E-state index contributed by atoms with van der Waals surface area (Å²) in [6.45, 7) is 3.87. The number of carbonyl (C=O) groups excluding carboxylic acids is 2. The average molecular weight is 344 g/mol. The van der Waals surface area contributed by atoms with Crippen molar-refractivity contribution in [2.45, 2.75) is 20.5 Å². The molecule has 0 aliphatic rings. The Bertz CT molecular complexity index is 739. The van der Waals surface area contributed by atoms with Crippen molar-refractivity contribution in [2.75, 3.05) is 13.2 Å². The van der Waals surface area contributed by atoms with Crippen LogP contribution in [-0.2, 0) is 16.1 Å². The molecule has 132 valence electrons. The molecule has 2 rings (SSSR count). The molecule has 0 bridgehead atoms. The molecule has 0 aromatic heterocycles. The van der Waals surface area contributed by atoms with E-state index in [1.165, 1.54) is 6.07 Å². The Balaban J connectivity index is 2.35. The fourth-order valence-electron chi connectivity index (χ4n) is 2.16. The molecule has 0 radical (unpaired) electrons. The van der Waals surface area contributed by atoms with Crippen molar-refractivity contribution >= 4 is 11.9 Å². The van der Waals surface area contributed by atoms with Gasteiger partial charge in [-0.05, 0) is 31.5 Å². The molecule has 0 heterocycles. The van der Waals surface area contributed by atoms with Crippen LogP contribution < -0.4 is 4.74 Å². The lowest BCUT2D eigenvalue weighted by Gasteiger charge is -2.14. The van der Waals surface area contributed by atoms with Gasteiger partial charge < -0.3 is 19.3 Å². The van der Waals surface area contributed by atoms with Gasteiger partial charge in [0.15, 0.2) is 0 Å². The molecule has 0 unspecified atom stereocenters. The molecule has 6 heteroatoms. The van der Waals surface area contributed by atoms with E-state index < -0.39 is 11.9 Å². The second-order valence-corrected chi connectivity index (χ2v) is 5.08. The minimum absolute atomic E-state index is 0.0447. The summed E-state index contributed by atoms with van der Waals surface area (Å²) >= 11 is 0. The molecular weight excluding hydrogens is 324 g/mol. The molecule has 0 aliphatic heterocycles. The summed E-state index contributed by atoms with van der Waals surface area (Å²) < 4.78 is 15.6. The molecule has 2 aromatic rings. The van der Waals surface area contributed by atoms with Gasteiger partial charge in [-0.3, -0.25) is 0 Å². The van der Waals surface area contributed by atoms with Gasteiger partial charge in [0.2, 0.25) is 0 Å². The van der Waals surface area contributed by atoms with Crippen LogP contribution in [0.25, 0.3) is 0 Å². The molecule has 1 N–H and O–H groups in total. The number of phenols is 1. The number of esters is 2. The van der Waals surface area contributed by atoms with Crippen molar-refractivity contribution < 1.29 is 28.9 Å². The smallest absolute Gasteiger partial charge is 0.342 e. The maximum Gasteiger partial charge on any atom is 0.342 e. The number of rotatable bonds is 7. The lowest BCUT2D eigenvalue weighted by molar-refractivity contribution is 0.0503. The van der Waals surface area contributed by atoms with E-state index in [1.54, 1.807) is 13.8 Å². The first-order valence-corrected chi connectivity index (χ1v) is 7.94. The molecule has 0 aliphatic carbocycles. The Morgan fingerprint density at radius 1 is 0.920 bits per heavy atom. The minimum Gasteiger partial charge on any atom is -0.507 e. The molecule has 0 saturated heterocycles. The first-order valence-electron chi connectivity index (χ1n) is 7.94. The topological polar surface area (TPSA) is 82.1 Å². The second-order valence-electron chi connectivity index (χ2n) is 5.08. The first kappa shape index (κ1) is 18.3. The highest BCUT2D eigenvalue weighted by atomic mass is 16.5. The van der Waals surface area contributed by atoms with Crippen LogP contribution in [0.4, 0.5) is 0 Å². The number of benzene rings is 2. The molecular formula is C19H20O6. The Hall–Kier alpha value is -3.02. The zero-order valence-electron chi connectivity index (χ0n) is 14.2. The quantitative estimate of drug-likeness (QED) is 0.776. The highest BCUT2D eigenvalue weighted by Crippen LogP contribution is 2.30. The lowest BCUT2D eigenvalue weighted by Crippen LogP contribution is -2.11. The Kier molecular flexibility index (Phi) is 6.39. The third-order valence-corrected chi connectivity index (χ3v) is 3.33. The maximum atomic E-state index is 12.1. The van der Waals surface area contributed by atoms with Gasteiger partial charge >= 0.3 is 11.9 Å². The second kappa shape index (κ2) is 8.73. The molecule has 0 atom stereocenters. The van der Waals surface area contributed by atoms with Crippen LogP contribution in [0, 0.1) is 0 Å². The standard InChI is InChI=1S/C19H20O6/c1-3-23-18(21)14-11-17(25-12-13-8-6-5-7-9-13)15(10-16(14)20)19(22)24-4-2/h5-11,20H,3-4,12H2,1-2H3. The first-order chi connectivity index (χ1) is 12.1. The Morgan fingerprint density at radius 2 is 1.52 bits per heavy atom. The van der Waals surface area contributed by atoms with Crippen molar-refractivity contribution in [3.05, 3.63) is 59.2 Å². The zero-order chi connectivity index (χ0) is 18.2. The molecule has 6 nitrogen and oxygen atoms in total. The minimum atomic E-state index is -0.694. The van der Waals surface area contributed by atoms with Crippen molar-refractivity contribution in [1.29, 1.82) is 0 Å². The predicted octanol–water partition coefficient (Wildman–Crippen LogP) is 3.32. The lowest BCUT2D eigenvalue weighted by atomic mass is 10.1. The van der Waals surface area contributed by atoms with Gasteiger partial charge in [-0.25, -0.2) is 9.59 Å². The van der Waals surface area contributed by atoms with Crippen molar-refractivity contribution in [1.82, 2.24) is 0 Å². The summed E-state index contributed by atoms with van der Waals surface area (Å²) in [5.74, 6) is -1.56. The van der Waals surface area contributed by atoms with Crippen LogP contribution in [0.15, 0.2) is 42.5 Å². The van der Waals surface area contributed by atoms with E-state index >= 15 is 0 Å². The van der Waals surface area contributed by atoms with E-state index in [0.29, 0.717) is 0 Å². The van der Waals surface area contributed by atoms with E-state index in [0.717, 1.165) is 11.6 Å². The van der Waals surface area contributed by atoms with Crippen molar-refractivity contribution in [3.63, 3.8) is 0 Å².